The van der Waals surface area contributed by atoms with E-state index in [4.69, 9.17) is 0 Å². The predicted molar refractivity (Wildman–Crippen MR) is 118 cm³/mol. The number of carbonyl (C=O) groups excluding carboxylic acids is 2. The number of carbonyl (C=O) groups is 2. The van der Waals surface area contributed by atoms with Crippen LogP contribution in [0, 0.1) is 6.92 Å². The zero-order chi connectivity index (χ0) is 21.3. The van der Waals surface area contributed by atoms with Crippen LogP contribution in [-0.4, -0.2) is 48.9 Å². The normalized spacial score (nSPS) is 14.3. The van der Waals surface area contributed by atoms with E-state index >= 15 is 0 Å². The summed E-state index contributed by atoms with van der Waals surface area (Å²) in [7, 11) is 0. The standard InChI is InChI=1S/C23H29N5O2/c1-3-24-23(26-14-18-6-4-17(2)5-7-18)27-15-19-8-10-20(11-9-19)22(30)28-13-12-25-21(29)16-28/h4-11H,3,12-16H2,1-2H3,(H,25,29)(H2,24,26,27). The van der Waals surface area contributed by atoms with Gasteiger partial charge in [-0.05, 0) is 37.1 Å². The van der Waals surface area contributed by atoms with Gasteiger partial charge in [-0.1, -0.05) is 42.0 Å². The van der Waals surface area contributed by atoms with E-state index in [1.165, 1.54) is 11.1 Å². The first-order valence-electron chi connectivity index (χ1n) is 10.3. The molecule has 7 heteroatoms. The smallest absolute Gasteiger partial charge is 0.254 e. The molecule has 0 aliphatic carbocycles. The van der Waals surface area contributed by atoms with Crippen molar-refractivity contribution in [2.24, 2.45) is 4.99 Å². The fraction of sp³-hybridized carbons (Fsp3) is 0.348. The Morgan fingerprint density at radius 1 is 1.07 bits per heavy atom. The van der Waals surface area contributed by atoms with Gasteiger partial charge in [-0.15, -0.1) is 0 Å². The molecule has 0 aromatic heterocycles. The van der Waals surface area contributed by atoms with E-state index in [9.17, 15) is 9.59 Å². The van der Waals surface area contributed by atoms with E-state index in [0.29, 0.717) is 31.7 Å². The molecule has 0 radical (unpaired) electrons. The number of piperazine rings is 1. The fourth-order valence-corrected chi connectivity index (χ4v) is 3.15. The minimum Gasteiger partial charge on any atom is -0.357 e. The van der Waals surface area contributed by atoms with Gasteiger partial charge in [0.1, 0.15) is 0 Å². The zero-order valence-electron chi connectivity index (χ0n) is 17.6. The van der Waals surface area contributed by atoms with Gasteiger partial charge in [-0.2, -0.15) is 0 Å². The molecule has 30 heavy (non-hydrogen) atoms. The Hall–Kier alpha value is -3.35. The molecule has 1 aliphatic rings. The van der Waals surface area contributed by atoms with Gasteiger partial charge in [0.2, 0.25) is 5.91 Å². The number of benzene rings is 2. The first-order valence-corrected chi connectivity index (χ1v) is 10.3. The SMILES string of the molecule is CCNC(=NCc1ccc(C(=O)N2CCNC(=O)C2)cc1)NCc1ccc(C)cc1. The summed E-state index contributed by atoms with van der Waals surface area (Å²) < 4.78 is 0. The molecular weight excluding hydrogens is 378 g/mol. The number of nitrogens with zero attached hydrogens (tertiary/aromatic N) is 2. The second kappa shape index (κ2) is 10.4. The van der Waals surface area contributed by atoms with Gasteiger partial charge >= 0.3 is 0 Å². The molecule has 158 valence electrons. The van der Waals surface area contributed by atoms with E-state index in [2.05, 4.69) is 52.1 Å². The summed E-state index contributed by atoms with van der Waals surface area (Å²) in [4.78, 5) is 30.3. The van der Waals surface area contributed by atoms with E-state index in [-0.39, 0.29) is 18.4 Å². The topological polar surface area (TPSA) is 85.8 Å². The van der Waals surface area contributed by atoms with Crippen molar-refractivity contribution >= 4 is 17.8 Å². The Labute approximate surface area is 177 Å². The van der Waals surface area contributed by atoms with Crippen LogP contribution in [0.3, 0.4) is 0 Å². The lowest BCUT2D eigenvalue weighted by atomic mass is 10.1. The average molecular weight is 408 g/mol. The van der Waals surface area contributed by atoms with Crippen LogP contribution in [0.2, 0.25) is 0 Å². The number of aliphatic imine (C=N–C) groups is 1. The van der Waals surface area contributed by atoms with E-state index in [1.54, 1.807) is 17.0 Å². The van der Waals surface area contributed by atoms with Crippen molar-refractivity contribution in [3.8, 4) is 0 Å². The maximum Gasteiger partial charge on any atom is 0.254 e. The molecule has 2 aromatic carbocycles. The summed E-state index contributed by atoms with van der Waals surface area (Å²) in [6.45, 7) is 7.23. The Balaban J connectivity index is 1.57. The highest BCUT2D eigenvalue weighted by molar-refractivity contribution is 5.97. The highest BCUT2D eigenvalue weighted by atomic mass is 16.2. The maximum atomic E-state index is 12.5. The largest absolute Gasteiger partial charge is 0.357 e. The fourth-order valence-electron chi connectivity index (χ4n) is 3.15. The molecular formula is C23H29N5O2. The number of nitrogens with one attached hydrogen (secondary N) is 3. The van der Waals surface area contributed by atoms with Crippen LogP contribution in [0.1, 0.15) is 34.0 Å². The summed E-state index contributed by atoms with van der Waals surface area (Å²) in [6.07, 6.45) is 0. The van der Waals surface area contributed by atoms with Crippen molar-refractivity contribution in [3.63, 3.8) is 0 Å². The molecule has 2 aromatic rings. The highest BCUT2D eigenvalue weighted by Crippen LogP contribution is 2.10. The molecule has 2 amide bonds. The zero-order valence-corrected chi connectivity index (χ0v) is 17.6. The van der Waals surface area contributed by atoms with Crippen molar-refractivity contribution in [1.29, 1.82) is 0 Å². The Kier molecular flexibility index (Phi) is 7.43. The van der Waals surface area contributed by atoms with Gasteiger partial charge < -0.3 is 20.9 Å². The summed E-state index contributed by atoms with van der Waals surface area (Å²) in [5.74, 6) is 0.514. The quantitative estimate of drug-likeness (QED) is 0.504. The molecule has 3 rings (SSSR count). The highest BCUT2D eigenvalue weighted by Gasteiger charge is 2.22. The van der Waals surface area contributed by atoms with Gasteiger partial charge in [0.25, 0.3) is 5.91 Å². The third kappa shape index (κ3) is 6.07. The van der Waals surface area contributed by atoms with Crippen molar-refractivity contribution in [2.45, 2.75) is 26.9 Å². The van der Waals surface area contributed by atoms with Crippen LogP contribution in [-0.2, 0) is 17.9 Å². The second-order valence-electron chi connectivity index (χ2n) is 7.31. The van der Waals surface area contributed by atoms with Crippen LogP contribution < -0.4 is 16.0 Å². The molecule has 7 nitrogen and oxygen atoms in total. The molecule has 0 bridgehead atoms. The van der Waals surface area contributed by atoms with E-state index < -0.39 is 0 Å². The summed E-state index contributed by atoms with van der Waals surface area (Å²) in [5, 5.41) is 9.32. The Morgan fingerprint density at radius 3 is 2.43 bits per heavy atom. The van der Waals surface area contributed by atoms with Crippen molar-refractivity contribution in [3.05, 3.63) is 70.8 Å². The monoisotopic (exact) mass is 407 g/mol. The van der Waals surface area contributed by atoms with Crippen molar-refractivity contribution < 1.29 is 9.59 Å². The summed E-state index contributed by atoms with van der Waals surface area (Å²) in [5.41, 5.74) is 4.03. The Bertz CT molecular complexity index is 891. The lowest BCUT2D eigenvalue weighted by Gasteiger charge is -2.26. The number of rotatable bonds is 6. The summed E-state index contributed by atoms with van der Waals surface area (Å²) in [6, 6.07) is 15.8. The molecule has 3 N–H and O–H groups in total. The van der Waals surface area contributed by atoms with Crippen LogP contribution in [0.4, 0.5) is 0 Å². The second-order valence-corrected chi connectivity index (χ2v) is 7.31. The molecule has 1 fully saturated rings. The number of guanidine groups is 1. The lowest BCUT2D eigenvalue weighted by molar-refractivity contribution is -0.123. The van der Waals surface area contributed by atoms with Crippen molar-refractivity contribution in [2.75, 3.05) is 26.2 Å². The van der Waals surface area contributed by atoms with Crippen LogP contribution in [0.25, 0.3) is 0 Å². The predicted octanol–water partition coefficient (Wildman–Crippen LogP) is 1.82. The number of hydrogen-bond acceptors (Lipinski definition) is 3. The minimum atomic E-state index is -0.118. The van der Waals surface area contributed by atoms with Gasteiger partial charge in [-0.3, -0.25) is 9.59 Å². The molecule has 0 saturated carbocycles. The van der Waals surface area contributed by atoms with Crippen LogP contribution >= 0.6 is 0 Å². The molecule has 0 unspecified atom stereocenters. The Morgan fingerprint density at radius 2 is 1.77 bits per heavy atom. The molecule has 1 aliphatic heterocycles. The van der Waals surface area contributed by atoms with Crippen molar-refractivity contribution in [1.82, 2.24) is 20.9 Å². The van der Waals surface area contributed by atoms with Crippen LogP contribution in [0.5, 0.6) is 0 Å². The van der Waals surface area contributed by atoms with Gasteiger partial charge in [0.05, 0.1) is 13.1 Å². The van der Waals surface area contributed by atoms with Gasteiger partial charge in [0, 0.05) is 31.7 Å². The van der Waals surface area contributed by atoms with Gasteiger partial charge in [-0.25, -0.2) is 4.99 Å². The third-order valence-electron chi connectivity index (χ3n) is 4.87. The lowest BCUT2D eigenvalue weighted by Crippen LogP contribution is -2.49. The van der Waals surface area contributed by atoms with E-state index in [1.807, 2.05) is 19.1 Å². The molecule has 0 atom stereocenters. The number of aryl methyl sites for hydroxylation is 1. The molecule has 1 heterocycles. The summed E-state index contributed by atoms with van der Waals surface area (Å²) >= 11 is 0. The minimum absolute atomic E-state index is 0.115. The third-order valence-corrected chi connectivity index (χ3v) is 4.87. The number of amides is 2. The molecule has 1 saturated heterocycles. The first-order chi connectivity index (χ1) is 14.5. The van der Waals surface area contributed by atoms with Crippen LogP contribution in [0.15, 0.2) is 53.5 Å². The average Bonchev–Trinajstić information content (AvgIpc) is 2.76. The first kappa shape index (κ1) is 21.4. The number of hydrogen-bond donors (Lipinski definition) is 3. The maximum absolute atomic E-state index is 12.5. The van der Waals surface area contributed by atoms with Gasteiger partial charge in [0.15, 0.2) is 5.96 Å². The van der Waals surface area contributed by atoms with E-state index in [0.717, 1.165) is 18.1 Å². The molecule has 0 spiro atoms.